The van der Waals surface area contributed by atoms with Crippen molar-refractivity contribution in [2.75, 3.05) is 6.54 Å². The minimum atomic E-state index is 0.738. The van der Waals surface area contributed by atoms with Crippen LogP contribution in [0.1, 0.15) is 58.3 Å². The molecule has 2 aliphatic rings. The van der Waals surface area contributed by atoms with E-state index < -0.39 is 0 Å². The number of hydrogen-bond acceptors (Lipinski definition) is 1. The minimum absolute atomic E-state index is 0.738. The molecule has 1 fully saturated rings. The molecule has 86 valence electrons. The third-order valence-corrected chi connectivity index (χ3v) is 3.71. The van der Waals surface area contributed by atoms with E-state index in [4.69, 9.17) is 0 Å². The van der Waals surface area contributed by atoms with E-state index >= 15 is 0 Å². The minimum Gasteiger partial charge on any atom is -0.314 e. The van der Waals surface area contributed by atoms with Gasteiger partial charge in [0, 0.05) is 6.04 Å². The first kappa shape index (κ1) is 11.2. The number of rotatable bonds is 6. The molecule has 1 unspecified atom stereocenters. The van der Waals surface area contributed by atoms with Gasteiger partial charge in [0.25, 0.3) is 0 Å². The van der Waals surface area contributed by atoms with E-state index in [2.05, 4.69) is 18.3 Å². The summed E-state index contributed by atoms with van der Waals surface area (Å²) >= 11 is 0. The monoisotopic (exact) mass is 207 g/mol. The van der Waals surface area contributed by atoms with E-state index in [1.807, 2.05) is 0 Å². The Hall–Kier alpha value is -0.300. The molecule has 15 heavy (non-hydrogen) atoms. The van der Waals surface area contributed by atoms with Gasteiger partial charge in [-0.2, -0.15) is 0 Å². The lowest BCUT2D eigenvalue weighted by Gasteiger charge is -2.16. The third kappa shape index (κ3) is 4.38. The van der Waals surface area contributed by atoms with E-state index in [0.717, 1.165) is 12.0 Å². The van der Waals surface area contributed by atoms with Gasteiger partial charge in [0.15, 0.2) is 0 Å². The molecular formula is C14H25N. The molecule has 1 nitrogen and oxygen atoms in total. The maximum Gasteiger partial charge on any atom is 0.00414 e. The van der Waals surface area contributed by atoms with Crippen LogP contribution in [0, 0.1) is 5.92 Å². The Kier molecular flexibility index (Phi) is 4.25. The second-order valence-corrected chi connectivity index (χ2v) is 5.39. The predicted molar refractivity (Wildman–Crippen MR) is 66.0 cm³/mol. The highest BCUT2D eigenvalue weighted by molar-refractivity contribution is 5.05. The molecule has 0 aromatic heterocycles. The molecule has 2 aliphatic carbocycles. The fourth-order valence-electron chi connectivity index (χ4n) is 2.55. The summed E-state index contributed by atoms with van der Waals surface area (Å²) in [5.41, 5.74) is 1.70. The van der Waals surface area contributed by atoms with Crippen molar-refractivity contribution in [3.8, 4) is 0 Å². The zero-order chi connectivity index (χ0) is 10.5. The molecule has 0 radical (unpaired) electrons. The molecule has 0 heterocycles. The fraction of sp³-hybridized carbons (Fsp3) is 0.857. The molecule has 0 aromatic carbocycles. The lowest BCUT2D eigenvalue weighted by molar-refractivity contribution is 0.487. The first-order chi connectivity index (χ1) is 7.34. The van der Waals surface area contributed by atoms with Crippen LogP contribution in [0.5, 0.6) is 0 Å². The van der Waals surface area contributed by atoms with E-state index in [-0.39, 0.29) is 0 Å². The molecule has 0 amide bonds. The van der Waals surface area contributed by atoms with Crippen molar-refractivity contribution in [1.29, 1.82) is 0 Å². The Bertz CT molecular complexity index is 215. The van der Waals surface area contributed by atoms with Gasteiger partial charge in [-0.1, -0.05) is 24.5 Å². The molecule has 2 rings (SSSR count). The van der Waals surface area contributed by atoms with Crippen molar-refractivity contribution in [1.82, 2.24) is 5.32 Å². The second-order valence-electron chi connectivity index (χ2n) is 5.39. The van der Waals surface area contributed by atoms with Gasteiger partial charge >= 0.3 is 0 Å². The summed E-state index contributed by atoms with van der Waals surface area (Å²) in [5, 5.41) is 3.66. The summed E-state index contributed by atoms with van der Waals surface area (Å²) in [5.74, 6) is 1.06. The molecule has 0 bridgehead atoms. The van der Waals surface area contributed by atoms with Crippen LogP contribution < -0.4 is 5.32 Å². The largest absolute Gasteiger partial charge is 0.314 e. The van der Waals surface area contributed by atoms with Crippen LogP contribution in [-0.4, -0.2) is 12.6 Å². The highest BCUT2D eigenvalue weighted by atomic mass is 14.9. The van der Waals surface area contributed by atoms with Crippen LogP contribution in [0.15, 0.2) is 11.6 Å². The van der Waals surface area contributed by atoms with Gasteiger partial charge in [-0.15, -0.1) is 0 Å². The molecular weight excluding hydrogens is 182 g/mol. The van der Waals surface area contributed by atoms with Crippen molar-refractivity contribution in [3.05, 3.63) is 11.6 Å². The second kappa shape index (κ2) is 5.69. The van der Waals surface area contributed by atoms with Gasteiger partial charge in [-0.3, -0.25) is 0 Å². The summed E-state index contributed by atoms with van der Waals surface area (Å²) in [6, 6.07) is 0.738. The molecule has 1 saturated carbocycles. The van der Waals surface area contributed by atoms with Gasteiger partial charge in [0.05, 0.1) is 0 Å². The first-order valence-corrected chi connectivity index (χ1v) is 6.76. The van der Waals surface area contributed by atoms with Crippen molar-refractivity contribution in [2.24, 2.45) is 5.92 Å². The van der Waals surface area contributed by atoms with Crippen molar-refractivity contribution in [3.63, 3.8) is 0 Å². The van der Waals surface area contributed by atoms with Gasteiger partial charge in [0.2, 0.25) is 0 Å². The number of allylic oxidation sites excluding steroid dienone is 1. The van der Waals surface area contributed by atoms with Crippen molar-refractivity contribution >= 4 is 0 Å². The van der Waals surface area contributed by atoms with Gasteiger partial charge < -0.3 is 5.32 Å². The quantitative estimate of drug-likeness (QED) is 0.655. The standard InChI is InChI=1S/C14H25N/c1-12(11-14-7-8-14)15-10-9-13-5-3-2-4-6-13/h5,12,14-15H,2-4,6-11H2,1H3. The van der Waals surface area contributed by atoms with Crippen LogP contribution in [0.4, 0.5) is 0 Å². The Morgan fingerprint density at radius 2 is 2.27 bits per heavy atom. The van der Waals surface area contributed by atoms with Gasteiger partial charge in [-0.25, -0.2) is 0 Å². The van der Waals surface area contributed by atoms with Crippen LogP contribution in [0.25, 0.3) is 0 Å². The number of nitrogens with one attached hydrogen (secondary N) is 1. The smallest absolute Gasteiger partial charge is 0.00414 e. The maximum atomic E-state index is 3.66. The van der Waals surface area contributed by atoms with E-state index in [0.29, 0.717) is 0 Å². The third-order valence-electron chi connectivity index (χ3n) is 3.71. The lowest BCUT2D eigenvalue weighted by Crippen LogP contribution is -2.27. The molecule has 1 N–H and O–H groups in total. The van der Waals surface area contributed by atoms with Crippen LogP contribution in [0.3, 0.4) is 0 Å². The molecule has 0 aliphatic heterocycles. The van der Waals surface area contributed by atoms with Crippen molar-refractivity contribution < 1.29 is 0 Å². The van der Waals surface area contributed by atoms with Crippen LogP contribution in [-0.2, 0) is 0 Å². The van der Waals surface area contributed by atoms with Crippen LogP contribution in [0.2, 0.25) is 0 Å². The molecule has 0 spiro atoms. The highest BCUT2D eigenvalue weighted by Gasteiger charge is 2.23. The molecule has 0 aromatic rings. The lowest BCUT2D eigenvalue weighted by atomic mass is 9.97. The Morgan fingerprint density at radius 3 is 2.93 bits per heavy atom. The average Bonchev–Trinajstić information content (AvgIpc) is 3.03. The summed E-state index contributed by atoms with van der Waals surface area (Å²) < 4.78 is 0. The Morgan fingerprint density at radius 1 is 1.40 bits per heavy atom. The van der Waals surface area contributed by atoms with Gasteiger partial charge in [0.1, 0.15) is 0 Å². The van der Waals surface area contributed by atoms with E-state index in [1.54, 1.807) is 5.57 Å². The molecule has 1 heteroatoms. The fourth-order valence-corrected chi connectivity index (χ4v) is 2.55. The Labute approximate surface area is 94.3 Å². The zero-order valence-corrected chi connectivity index (χ0v) is 10.1. The average molecular weight is 207 g/mol. The highest BCUT2D eigenvalue weighted by Crippen LogP contribution is 2.33. The normalized spacial score (nSPS) is 23.7. The predicted octanol–water partition coefficient (Wildman–Crippen LogP) is 3.66. The molecule has 1 atom stereocenters. The SMILES string of the molecule is CC(CC1CC1)NCCC1=CCCCC1. The zero-order valence-electron chi connectivity index (χ0n) is 10.1. The summed E-state index contributed by atoms with van der Waals surface area (Å²) in [6.45, 7) is 3.54. The molecule has 0 saturated heterocycles. The van der Waals surface area contributed by atoms with Gasteiger partial charge in [-0.05, 0) is 57.9 Å². The topological polar surface area (TPSA) is 12.0 Å². The maximum absolute atomic E-state index is 3.66. The van der Waals surface area contributed by atoms with E-state index in [1.165, 1.54) is 57.9 Å². The van der Waals surface area contributed by atoms with E-state index in [9.17, 15) is 0 Å². The summed E-state index contributed by atoms with van der Waals surface area (Å²) in [7, 11) is 0. The first-order valence-electron chi connectivity index (χ1n) is 6.76. The summed E-state index contributed by atoms with van der Waals surface area (Å²) in [4.78, 5) is 0. The Balaban J connectivity index is 1.54. The van der Waals surface area contributed by atoms with Crippen LogP contribution >= 0.6 is 0 Å². The summed E-state index contributed by atoms with van der Waals surface area (Å²) in [6.07, 6.45) is 13.6. The van der Waals surface area contributed by atoms with Crippen molar-refractivity contribution in [2.45, 2.75) is 64.3 Å². The number of hydrogen-bond donors (Lipinski definition) is 1.